The first kappa shape index (κ1) is 21.6. The molecule has 2 aromatic carbocycles. The van der Waals surface area contributed by atoms with Gasteiger partial charge in [0.15, 0.2) is 0 Å². The van der Waals surface area contributed by atoms with Crippen LogP contribution < -0.4 is 10.2 Å². The minimum absolute atomic E-state index is 0. The fraction of sp³-hybridized carbons (Fsp3) is 0.217. The van der Waals surface area contributed by atoms with Crippen molar-refractivity contribution in [3.05, 3.63) is 72.5 Å². The Morgan fingerprint density at radius 3 is 2.88 bits per heavy atom. The van der Waals surface area contributed by atoms with Crippen molar-refractivity contribution in [2.45, 2.75) is 24.9 Å². The van der Waals surface area contributed by atoms with Crippen molar-refractivity contribution in [1.82, 2.24) is 20.1 Å². The zero-order valence-electron chi connectivity index (χ0n) is 16.7. The Balaban J connectivity index is 0.00000245. The van der Waals surface area contributed by atoms with Gasteiger partial charge in [-0.3, -0.25) is 9.59 Å². The zero-order chi connectivity index (χ0) is 21.4. The number of amides is 2. The van der Waals surface area contributed by atoms with E-state index in [9.17, 15) is 9.59 Å². The summed E-state index contributed by atoms with van der Waals surface area (Å²) in [5.74, 6) is -0.223. The lowest BCUT2D eigenvalue weighted by Gasteiger charge is -2.21. The smallest absolute Gasteiger partial charge is 0.291 e. The van der Waals surface area contributed by atoms with Crippen LogP contribution in [-0.4, -0.2) is 45.4 Å². The Morgan fingerprint density at radius 2 is 2.06 bits per heavy atom. The van der Waals surface area contributed by atoms with Gasteiger partial charge in [-0.2, -0.15) is 0 Å². The summed E-state index contributed by atoms with van der Waals surface area (Å²) in [6, 6.07) is 14.8. The standard InChI is InChI=1S/C22H19N5O3S.CH4/c1-26-17-9-15-7-8-30-18(15)10-19(17)31-12-16(22(26)29)24-21(28)20-23-13-27(25-20)11-14-5-3-2-4-6-14;/h2-10,13,16H,11-12H2,1H3,(H,24,28);1H4/t16-;/m0./s1. The minimum Gasteiger partial charge on any atom is -0.464 e. The van der Waals surface area contributed by atoms with E-state index in [4.69, 9.17) is 4.42 Å². The number of furan rings is 1. The van der Waals surface area contributed by atoms with Crippen LogP contribution in [0.25, 0.3) is 11.0 Å². The molecule has 32 heavy (non-hydrogen) atoms. The molecular weight excluding hydrogens is 426 g/mol. The molecule has 0 fully saturated rings. The van der Waals surface area contributed by atoms with Gasteiger partial charge in [-0.1, -0.05) is 37.8 Å². The number of benzene rings is 2. The lowest BCUT2D eigenvalue weighted by atomic mass is 10.2. The van der Waals surface area contributed by atoms with E-state index in [2.05, 4.69) is 15.4 Å². The summed E-state index contributed by atoms with van der Waals surface area (Å²) in [6.07, 6.45) is 3.14. The molecule has 1 aliphatic rings. The van der Waals surface area contributed by atoms with Gasteiger partial charge in [-0.05, 0) is 23.8 Å². The number of carbonyl (C=O) groups excluding carboxylic acids is 2. The number of carbonyl (C=O) groups is 2. The third-order valence-electron chi connectivity index (χ3n) is 5.16. The predicted octanol–water partition coefficient (Wildman–Crippen LogP) is 3.58. The van der Waals surface area contributed by atoms with Gasteiger partial charge in [-0.25, -0.2) is 9.67 Å². The highest BCUT2D eigenvalue weighted by molar-refractivity contribution is 7.99. The van der Waals surface area contributed by atoms with E-state index < -0.39 is 11.9 Å². The molecule has 4 aromatic rings. The number of anilines is 1. The average Bonchev–Trinajstić information content (AvgIpc) is 3.42. The van der Waals surface area contributed by atoms with E-state index in [0.29, 0.717) is 12.3 Å². The van der Waals surface area contributed by atoms with Crippen LogP contribution in [0.2, 0.25) is 0 Å². The van der Waals surface area contributed by atoms with Gasteiger partial charge >= 0.3 is 0 Å². The molecule has 2 aromatic heterocycles. The fourth-order valence-electron chi connectivity index (χ4n) is 3.52. The van der Waals surface area contributed by atoms with Gasteiger partial charge in [0.25, 0.3) is 5.91 Å². The first-order valence-corrected chi connectivity index (χ1v) is 10.7. The number of nitrogens with one attached hydrogen (secondary N) is 1. The maximum Gasteiger partial charge on any atom is 0.291 e. The van der Waals surface area contributed by atoms with E-state index >= 15 is 0 Å². The molecule has 0 saturated heterocycles. The normalized spacial score (nSPS) is 15.7. The van der Waals surface area contributed by atoms with Crippen molar-refractivity contribution >= 4 is 40.2 Å². The predicted molar refractivity (Wildman–Crippen MR) is 124 cm³/mol. The summed E-state index contributed by atoms with van der Waals surface area (Å²) < 4.78 is 7.08. The molecule has 3 heterocycles. The number of rotatable bonds is 4. The van der Waals surface area contributed by atoms with Crippen LogP contribution in [0.4, 0.5) is 5.69 Å². The van der Waals surface area contributed by atoms with Gasteiger partial charge in [0.05, 0.1) is 18.5 Å². The summed E-state index contributed by atoms with van der Waals surface area (Å²) >= 11 is 1.50. The van der Waals surface area contributed by atoms with Crippen LogP contribution in [0.5, 0.6) is 0 Å². The first-order chi connectivity index (χ1) is 15.1. The third kappa shape index (κ3) is 4.11. The minimum atomic E-state index is -0.692. The van der Waals surface area contributed by atoms with E-state index in [1.54, 1.807) is 22.9 Å². The first-order valence-electron chi connectivity index (χ1n) is 9.74. The molecule has 0 radical (unpaired) electrons. The van der Waals surface area contributed by atoms with E-state index in [1.165, 1.54) is 18.1 Å². The number of hydrogen-bond donors (Lipinski definition) is 1. The average molecular weight is 450 g/mol. The van der Waals surface area contributed by atoms with Gasteiger partial charge in [0.1, 0.15) is 18.0 Å². The second-order valence-electron chi connectivity index (χ2n) is 7.26. The molecule has 2 amide bonds. The summed E-state index contributed by atoms with van der Waals surface area (Å²) in [4.78, 5) is 32.4. The number of aromatic nitrogens is 3. The second-order valence-corrected chi connectivity index (χ2v) is 8.33. The lowest BCUT2D eigenvalue weighted by Crippen LogP contribution is -2.48. The molecule has 0 unspecified atom stereocenters. The summed E-state index contributed by atoms with van der Waals surface area (Å²) in [6.45, 7) is 0.512. The lowest BCUT2D eigenvalue weighted by molar-refractivity contribution is -0.119. The van der Waals surface area contributed by atoms with Crippen molar-refractivity contribution in [2.75, 3.05) is 17.7 Å². The third-order valence-corrected chi connectivity index (χ3v) is 6.30. The fourth-order valence-corrected chi connectivity index (χ4v) is 4.63. The summed E-state index contributed by atoms with van der Waals surface area (Å²) in [5.41, 5.74) is 2.62. The summed E-state index contributed by atoms with van der Waals surface area (Å²) in [7, 11) is 1.71. The molecule has 5 rings (SSSR count). The Kier molecular flexibility index (Phi) is 6.00. The number of thioether (sulfide) groups is 1. The highest BCUT2D eigenvalue weighted by Gasteiger charge is 2.31. The Labute approximate surface area is 189 Å². The SMILES string of the molecule is C.CN1C(=O)[C@@H](NC(=O)c2ncn(Cc3ccccc3)n2)CSc2cc3occc3cc21. The number of nitrogens with zero attached hydrogens (tertiary/aromatic N) is 4. The molecule has 0 spiro atoms. The highest BCUT2D eigenvalue weighted by atomic mass is 32.2. The van der Waals surface area contributed by atoms with Crippen LogP contribution >= 0.6 is 11.8 Å². The van der Waals surface area contributed by atoms with E-state index in [0.717, 1.165) is 27.1 Å². The second kappa shape index (κ2) is 8.88. The number of hydrogen-bond acceptors (Lipinski definition) is 6. The van der Waals surface area contributed by atoms with E-state index in [-0.39, 0.29) is 19.2 Å². The molecule has 164 valence electrons. The zero-order valence-corrected chi connectivity index (χ0v) is 17.5. The van der Waals surface area contributed by atoms with Crippen LogP contribution in [0.15, 0.2) is 70.4 Å². The molecule has 0 aliphatic carbocycles. The molecule has 1 aliphatic heterocycles. The van der Waals surface area contributed by atoms with Gasteiger partial charge < -0.3 is 14.6 Å². The Hall–Kier alpha value is -3.59. The Bertz CT molecular complexity index is 1270. The molecule has 0 saturated carbocycles. The molecule has 0 bridgehead atoms. The molecule has 9 heteroatoms. The molecule has 8 nitrogen and oxygen atoms in total. The summed E-state index contributed by atoms with van der Waals surface area (Å²) in [5, 5.41) is 7.97. The van der Waals surface area contributed by atoms with Crippen molar-refractivity contribution in [2.24, 2.45) is 0 Å². The van der Waals surface area contributed by atoms with Crippen molar-refractivity contribution in [1.29, 1.82) is 0 Å². The van der Waals surface area contributed by atoms with Gasteiger partial charge in [-0.15, -0.1) is 16.9 Å². The molecule has 1 N–H and O–H groups in total. The van der Waals surface area contributed by atoms with Crippen LogP contribution in [0.3, 0.4) is 0 Å². The van der Waals surface area contributed by atoms with Crippen molar-refractivity contribution in [3.8, 4) is 0 Å². The largest absolute Gasteiger partial charge is 0.464 e. The quantitative estimate of drug-likeness (QED) is 0.512. The Morgan fingerprint density at radius 1 is 1.25 bits per heavy atom. The van der Waals surface area contributed by atoms with Gasteiger partial charge in [0, 0.05) is 23.1 Å². The van der Waals surface area contributed by atoms with E-state index in [1.807, 2.05) is 48.5 Å². The van der Waals surface area contributed by atoms with Gasteiger partial charge in [0.2, 0.25) is 11.7 Å². The number of likely N-dealkylation sites (N-methyl/N-ethyl adjacent to an activating group) is 1. The van der Waals surface area contributed by atoms with Crippen molar-refractivity contribution < 1.29 is 14.0 Å². The van der Waals surface area contributed by atoms with Crippen LogP contribution in [0, 0.1) is 0 Å². The number of fused-ring (bicyclic) bond motifs is 2. The highest BCUT2D eigenvalue weighted by Crippen LogP contribution is 2.37. The van der Waals surface area contributed by atoms with Crippen molar-refractivity contribution in [3.63, 3.8) is 0 Å². The maximum absolute atomic E-state index is 13.0. The van der Waals surface area contributed by atoms with Crippen LogP contribution in [0.1, 0.15) is 23.6 Å². The van der Waals surface area contributed by atoms with Crippen LogP contribution in [-0.2, 0) is 11.3 Å². The molecule has 1 atom stereocenters. The topological polar surface area (TPSA) is 93.3 Å². The molecular formula is C23H23N5O3S. The monoisotopic (exact) mass is 449 g/mol. The maximum atomic E-state index is 13.0.